The molecule has 0 radical (unpaired) electrons. The van der Waals surface area contributed by atoms with E-state index in [4.69, 9.17) is 0 Å². The standard InChI is InChI=1S/C21H18F2N4O2/c1-21(16-8-7-15(22)11-17(16)23)19(28)27(20(29)25-21)13-18-24-9-10-26(18)12-14-5-3-2-4-6-14/h2-11H,12-13H2,1H3,(H,25,29). The Bertz CT molecular complexity index is 1080. The van der Waals surface area contributed by atoms with E-state index in [1.807, 2.05) is 34.9 Å². The number of urea groups is 1. The van der Waals surface area contributed by atoms with E-state index in [0.29, 0.717) is 18.4 Å². The first-order valence-corrected chi connectivity index (χ1v) is 9.02. The summed E-state index contributed by atoms with van der Waals surface area (Å²) < 4.78 is 29.4. The lowest BCUT2D eigenvalue weighted by molar-refractivity contribution is -0.131. The topological polar surface area (TPSA) is 67.2 Å². The van der Waals surface area contributed by atoms with Crippen LogP contribution in [0.1, 0.15) is 23.9 Å². The molecule has 4 rings (SSSR count). The van der Waals surface area contributed by atoms with Crippen molar-refractivity contribution in [1.82, 2.24) is 19.8 Å². The highest BCUT2D eigenvalue weighted by molar-refractivity contribution is 6.07. The van der Waals surface area contributed by atoms with Crippen LogP contribution in [0, 0.1) is 11.6 Å². The minimum Gasteiger partial charge on any atom is -0.329 e. The first-order chi connectivity index (χ1) is 13.9. The van der Waals surface area contributed by atoms with Crippen molar-refractivity contribution in [3.8, 4) is 0 Å². The molecule has 148 valence electrons. The van der Waals surface area contributed by atoms with Crippen molar-refractivity contribution in [1.29, 1.82) is 0 Å². The van der Waals surface area contributed by atoms with Crippen molar-refractivity contribution in [3.05, 3.63) is 89.5 Å². The number of amides is 3. The van der Waals surface area contributed by atoms with Crippen LogP contribution in [0.15, 0.2) is 60.9 Å². The zero-order chi connectivity index (χ0) is 20.6. The van der Waals surface area contributed by atoms with Gasteiger partial charge in [0.1, 0.15) is 23.0 Å². The Kier molecular flexibility index (Phi) is 4.62. The van der Waals surface area contributed by atoms with Gasteiger partial charge in [-0.1, -0.05) is 36.4 Å². The first kappa shape index (κ1) is 18.8. The number of hydrogen-bond donors (Lipinski definition) is 1. The number of imidazole rings is 1. The van der Waals surface area contributed by atoms with E-state index in [1.165, 1.54) is 13.0 Å². The molecule has 0 bridgehead atoms. The van der Waals surface area contributed by atoms with Crippen LogP contribution in [0.2, 0.25) is 0 Å². The Morgan fingerprint density at radius 1 is 1.07 bits per heavy atom. The van der Waals surface area contributed by atoms with Crippen LogP contribution in [-0.2, 0) is 23.4 Å². The van der Waals surface area contributed by atoms with Gasteiger partial charge >= 0.3 is 6.03 Å². The number of nitrogens with one attached hydrogen (secondary N) is 1. The van der Waals surface area contributed by atoms with Gasteiger partial charge in [-0.15, -0.1) is 0 Å². The summed E-state index contributed by atoms with van der Waals surface area (Å²) in [4.78, 5) is 30.8. The van der Waals surface area contributed by atoms with E-state index < -0.39 is 29.1 Å². The van der Waals surface area contributed by atoms with E-state index in [2.05, 4.69) is 10.3 Å². The maximum atomic E-state index is 14.3. The largest absolute Gasteiger partial charge is 0.329 e. The van der Waals surface area contributed by atoms with Gasteiger partial charge in [-0.05, 0) is 18.6 Å². The van der Waals surface area contributed by atoms with Gasteiger partial charge in [0.15, 0.2) is 0 Å². The molecule has 0 spiro atoms. The number of aromatic nitrogens is 2. The van der Waals surface area contributed by atoms with Gasteiger partial charge < -0.3 is 9.88 Å². The van der Waals surface area contributed by atoms with E-state index in [0.717, 1.165) is 16.5 Å². The second-order valence-electron chi connectivity index (χ2n) is 7.03. The summed E-state index contributed by atoms with van der Waals surface area (Å²) in [5.74, 6) is -1.76. The SMILES string of the molecule is CC1(c2ccc(F)cc2F)NC(=O)N(Cc2nccn2Cc2ccccc2)C1=O. The van der Waals surface area contributed by atoms with E-state index >= 15 is 0 Å². The van der Waals surface area contributed by atoms with Crippen LogP contribution >= 0.6 is 0 Å². The number of rotatable bonds is 5. The second kappa shape index (κ2) is 7.12. The molecule has 1 aromatic heterocycles. The lowest BCUT2D eigenvalue weighted by Gasteiger charge is -2.22. The maximum Gasteiger partial charge on any atom is 0.325 e. The van der Waals surface area contributed by atoms with Gasteiger partial charge in [-0.2, -0.15) is 0 Å². The van der Waals surface area contributed by atoms with Gasteiger partial charge in [-0.25, -0.2) is 18.6 Å². The molecule has 1 saturated heterocycles. The number of carbonyl (C=O) groups is 2. The Morgan fingerprint density at radius 2 is 1.83 bits per heavy atom. The molecule has 2 heterocycles. The third-order valence-electron chi connectivity index (χ3n) is 5.04. The average molecular weight is 396 g/mol. The van der Waals surface area contributed by atoms with Crippen molar-refractivity contribution < 1.29 is 18.4 Å². The quantitative estimate of drug-likeness (QED) is 0.674. The lowest BCUT2D eigenvalue weighted by Crippen LogP contribution is -2.41. The summed E-state index contributed by atoms with van der Waals surface area (Å²) in [6, 6.07) is 11.9. The highest BCUT2D eigenvalue weighted by atomic mass is 19.1. The molecule has 0 aliphatic carbocycles. The molecular formula is C21H18F2N4O2. The van der Waals surface area contributed by atoms with E-state index in [1.54, 1.807) is 12.4 Å². The Balaban J connectivity index is 1.59. The number of carbonyl (C=O) groups excluding carboxylic acids is 2. The highest BCUT2D eigenvalue weighted by Gasteiger charge is 2.50. The number of benzene rings is 2. The molecule has 1 fully saturated rings. The zero-order valence-electron chi connectivity index (χ0n) is 15.6. The average Bonchev–Trinajstić information content (AvgIpc) is 3.20. The summed E-state index contributed by atoms with van der Waals surface area (Å²) >= 11 is 0. The molecule has 1 aliphatic rings. The Hall–Kier alpha value is -3.55. The second-order valence-corrected chi connectivity index (χ2v) is 7.03. The zero-order valence-corrected chi connectivity index (χ0v) is 15.6. The molecule has 29 heavy (non-hydrogen) atoms. The Labute approximate surface area is 165 Å². The minimum absolute atomic E-state index is 0.0666. The summed E-state index contributed by atoms with van der Waals surface area (Å²) in [5, 5.41) is 2.53. The predicted molar refractivity (Wildman–Crippen MR) is 101 cm³/mol. The molecule has 2 aromatic carbocycles. The number of halogens is 2. The van der Waals surface area contributed by atoms with Crippen molar-refractivity contribution in [2.75, 3.05) is 0 Å². The molecule has 0 saturated carbocycles. The lowest BCUT2D eigenvalue weighted by atomic mass is 9.91. The smallest absolute Gasteiger partial charge is 0.325 e. The third kappa shape index (κ3) is 3.37. The molecule has 1 N–H and O–H groups in total. The third-order valence-corrected chi connectivity index (χ3v) is 5.04. The number of imide groups is 1. The van der Waals surface area contributed by atoms with Crippen LogP contribution in [0.4, 0.5) is 13.6 Å². The number of nitrogens with zero attached hydrogens (tertiary/aromatic N) is 3. The first-order valence-electron chi connectivity index (χ1n) is 9.02. The van der Waals surface area contributed by atoms with Crippen LogP contribution in [0.3, 0.4) is 0 Å². The van der Waals surface area contributed by atoms with Gasteiger partial charge in [0.05, 0.1) is 6.54 Å². The number of hydrogen-bond acceptors (Lipinski definition) is 3. The van der Waals surface area contributed by atoms with Crippen LogP contribution in [0.5, 0.6) is 0 Å². The molecular weight excluding hydrogens is 378 g/mol. The van der Waals surface area contributed by atoms with Crippen LogP contribution in [-0.4, -0.2) is 26.4 Å². The van der Waals surface area contributed by atoms with Crippen molar-refractivity contribution in [2.45, 2.75) is 25.6 Å². The molecule has 8 heteroatoms. The van der Waals surface area contributed by atoms with Crippen LogP contribution in [0.25, 0.3) is 0 Å². The van der Waals surface area contributed by atoms with Gasteiger partial charge in [0.25, 0.3) is 5.91 Å². The van der Waals surface area contributed by atoms with E-state index in [9.17, 15) is 18.4 Å². The highest BCUT2D eigenvalue weighted by Crippen LogP contribution is 2.31. The Morgan fingerprint density at radius 3 is 2.55 bits per heavy atom. The molecule has 1 unspecified atom stereocenters. The van der Waals surface area contributed by atoms with Crippen molar-refractivity contribution in [2.24, 2.45) is 0 Å². The molecule has 1 aliphatic heterocycles. The summed E-state index contributed by atoms with van der Waals surface area (Å²) in [5.41, 5.74) is -0.666. The van der Waals surface area contributed by atoms with Gasteiger partial charge in [0, 0.05) is 30.6 Å². The fourth-order valence-corrected chi connectivity index (χ4v) is 3.48. The predicted octanol–water partition coefficient (Wildman–Crippen LogP) is 3.18. The molecule has 6 nitrogen and oxygen atoms in total. The van der Waals surface area contributed by atoms with E-state index in [-0.39, 0.29) is 12.1 Å². The molecule has 1 atom stereocenters. The molecule has 3 amide bonds. The van der Waals surface area contributed by atoms with Crippen molar-refractivity contribution >= 4 is 11.9 Å². The molecule has 3 aromatic rings. The van der Waals surface area contributed by atoms with Crippen molar-refractivity contribution in [3.63, 3.8) is 0 Å². The van der Waals surface area contributed by atoms with Gasteiger partial charge in [-0.3, -0.25) is 9.69 Å². The fraction of sp³-hybridized carbons (Fsp3) is 0.190. The monoisotopic (exact) mass is 396 g/mol. The summed E-state index contributed by atoms with van der Waals surface area (Å²) in [6.45, 7) is 1.87. The normalized spacial score (nSPS) is 18.9. The van der Waals surface area contributed by atoms with Gasteiger partial charge in [0.2, 0.25) is 0 Å². The fourth-order valence-electron chi connectivity index (χ4n) is 3.48. The maximum absolute atomic E-state index is 14.3. The van der Waals surface area contributed by atoms with Crippen LogP contribution < -0.4 is 5.32 Å². The minimum atomic E-state index is -1.62. The summed E-state index contributed by atoms with van der Waals surface area (Å²) in [7, 11) is 0. The summed E-state index contributed by atoms with van der Waals surface area (Å²) in [6.07, 6.45) is 3.36.